The topological polar surface area (TPSA) is 95.2 Å². The first-order valence-electron chi connectivity index (χ1n) is 7.15. The van der Waals surface area contributed by atoms with Crippen molar-refractivity contribution in [3.8, 4) is 17.2 Å². The van der Waals surface area contributed by atoms with Gasteiger partial charge in [0.15, 0.2) is 11.5 Å². The molecule has 0 unspecified atom stereocenters. The van der Waals surface area contributed by atoms with E-state index >= 15 is 0 Å². The van der Waals surface area contributed by atoms with E-state index in [1.807, 2.05) is 30.3 Å². The second-order valence-electron chi connectivity index (χ2n) is 4.76. The van der Waals surface area contributed by atoms with Gasteiger partial charge in [0.05, 0.1) is 20.4 Å². The maximum Gasteiger partial charge on any atom is 0.332 e. The first-order valence-corrected chi connectivity index (χ1v) is 7.15. The molecule has 2 aromatic rings. The maximum atomic E-state index is 10.7. The molecule has 0 radical (unpaired) electrons. The number of urea groups is 1. The Hall–Kier alpha value is -3.22. The summed E-state index contributed by atoms with van der Waals surface area (Å²) in [6, 6.07) is 12.4. The summed E-state index contributed by atoms with van der Waals surface area (Å²) in [4.78, 5) is 10.7. The highest BCUT2D eigenvalue weighted by Gasteiger charge is 2.13. The number of nitrogens with one attached hydrogen (secondary N) is 1. The number of carbonyl (C=O) groups is 1. The zero-order valence-corrected chi connectivity index (χ0v) is 13.5. The van der Waals surface area contributed by atoms with Crippen molar-refractivity contribution in [2.75, 3.05) is 14.2 Å². The fraction of sp³-hybridized carbons (Fsp3) is 0.176. The zero-order valence-electron chi connectivity index (χ0n) is 13.5. The maximum absolute atomic E-state index is 10.7. The van der Waals surface area contributed by atoms with Gasteiger partial charge in [0.2, 0.25) is 5.75 Å². The van der Waals surface area contributed by atoms with E-state index in [1.165, 1.54) is 20.4 Å². The highest BCUT2D eigenvalue weighted by atomic mass is 16.5. The third kappa shape index (κ3) is 4.64. The quantitative estimate of drug-likeness (QED) is 0.602. The number of carbonyl (C=O) groups excluding carboxylic acids is 1. The van der Waals surface area contributed by atoms with E-state index in [0.29, 0.717) is 29.4 Å². The number of hydrazone groups is 1. The molecule has 7 heteroatoms. The lowest BCUT2D eigenvalue weighted by Crippen LogP contribution is -2.24. The van der Waals surface area contributed by atoms with E-state index in [1.54, 1.807) is 12.1 Å². The molecule has 126 valence electrons. The van der Waals surface area contributed by atoms with Gasteiger partial charge in [0.1, 0.15) is 6.61 Å². The van der Waals surface area contributed by atoms with Crippen molar-refractivity contribution in [3.05, 3.63) is 53.6 Å². The molecule has 2 rings (SSSR count). The van der Waals surface area contributed by atoms with Gasteiger partial charge in [0.25, 0.3) is 0 Å². The molecule has 0 aliphatic rings. The van der Waals surface area contributed by atoms with Crippen LogP contribution in [0.5, 0.6) is 17.2 Å². The monoisotopic (exact) mass is 329 g/mol. The largest absolute Gasteiger partial charge is 0.493 e. The molecule has 0 saturated heterocycles. The predicted molar refractivity (Wildman–Crippen MR) is 90.6 cm³/mol. The summed E-state index contributed by atoms with van der Waals surface area (Å²) in [5, 5.41) is 3.73. The molecule has 2 amide bonds. The van der Waals surface area contributed by atoms with Gasteiger partial charge in [-0.05, 0) is 17.7 Å². The summed E-state index contributed by atoms with van der Waals surface area (Å²) in [7, 11) is 3.07. The van der Waals surface area contributed by atoms with Crippen LogP contribution in [0.2, 0.25) is 0 Å². The van der Waals surface area contributed by atoms with Gasteiger partial charge < -0.3 is 19.9 Å². The molecular formula is C17H19N3O4. The lowest BCUT2D eigenvalue weighted by atomic mass is 10.2. The van der Waals surface area contributed by atoms with Gasteiger partial charge in [-0.1, -0.05) is 30.3 Å². The van der Waals surface area contributed by atoms with E-state index < -0.39 is 6.03 Å². The summed E-state index contributed by atoms with van der Waals surface area (Å²) < 4.78 is 16.5. The molecule has 0 spiro atoms. The van der Waals surface area contributed by atoms with Crippen molar-refractivity contribution in [3.63, 3.8) is 0 Å². The van der Waals surface area contributed by atoms with Crippen molar-refractivity contribution in [2.45, 2.75) is 6.61 Å². The average Bonchev–Trinajstić information content (AvgIpc) is 2.60. The number of methoxy groups -OCH3 is 2. The summed E-state index contributed by atoms with van der Waals surface area (Å²) in [5.41, 5.74) is 8.78. The number of hydrogen-bond acceptors (Lipinski definition) is 5. The zero-order chi connectivity index (χ0) is 17.4. The number of hydrogen-bond donors (Lipinski definition) is 2. The third-order valence-corrected chi connectivity index (χ3v) is 3.09. The van der Waals surface area contributed by atoms with E-state index in [4.69, 9.17) is 19.9 Å². The number of rotatable bonds is 7. The Morgan fingerprint density at radius 2 is 1.88 bits per heavy atom. The van der Waals surface area contributed by atoms with Crippen molar-refractivity contribution in [1.82, 2.24) is 5.43 Å². The smallest absolute Gasteiger partial charge is 0.332 e. The number of amides is 2. The van der Waals surface area contributed by atoms with E-state index in [9.17, 15) is 4.79 Å². The molecule has 2 aromatic carbocycles. The minimum Gasteiger partial charge on any atom is -0.493 e. The van der Waals surface area contributed by atoms with Crippen LogP contribution in [-0.4, -0.2) is 26.5 Å². The van der Waals surface area contributed by atoms with E-state index in [-0.39, 0.29) is 0 Å². The molecule has 0 saturated carbocycles. The molecule has 0 aliphatic heterocycles. The van der Waals surface area contributed by atoms with Gasteiger partial charge in [-0.2, -0.15) is 5.10 Å². The van der Waals surface area contributed by atoms with Gasteiger partial charge in [-0.15, -0.1) is 0 Å². The van der Waals surface area contributed by atoms with Crippen LogP contribution in [0.1, 0.15) is 11.1 Å². The van der Waals surface area contributed by atoms with Crippen LogP contribution < -0.4 is 25.4 Å². The van der Waals surface area contributed by atoms with Crippen LogP contribution in [0.3, 0.4) is 0 Å². The van der Waals surface area contributed by atoms with Crippen LogP contribution in [0.25, 0.3) is 0 Å². The molecule has 0 fully saturated rings. The Morgan fingerprint density at radius 1 is 1.17 bits per heavy atom. The van der Waals surface area contributed by atoms with E-state index in [2.05, 4.69) is 10.5 Å². The minimum absolute atomic E-state index is 0.375. The molecule has 24 heavy (non-hydrogen) atoms. The predicted octanol–water partition coefficient (Wildman–Crippen LogP) is 2.29. The van der Waals surface area contributed by atoms with Gasteiger partial charge in [-0.25, -0.2) is 10.2 Å². The molecule has 0 aliphatic carbocycles. The van der Waals surface area contributed by atoms with Gasteiger partial charge in [-0.3, -0.25) is 0 Å². The van der Waals surface area contributed by atoms with Crippen LogP contribution in [0.15, 0.2) is 47.6 Å². The van der Waals surface area contributed by atoms with Crippen LogP contribution in [-0.2, 0) is 6.61 Å². The third-order valence-electron chi connectivity index (χ3n) is 3.09. The molecular weight excluding hydrogens is 310 g/mol. The van der Waals surface area contributed by atoms with Crippen LogP contribution in [0, 0.1) is 0 Å². The number of ether oxygens (including phenoxy) is 3. The molecule has 3 N–H and O–H groups in total. The van der Waals surface area contributed by atoms with Gasteiger partial charge >= 0.3 is 6.03 Å². The molecule has 0 aromatic heterocycles. The van der Waals surface area contributed by atoms with Crippen molar-refractivity contribution in [2.24, 2.45) is 10.8 Å². The number of nitrogens with two attached hydrogens (primary N) is 1. The summed E-state index contributed by atoms with van der Waals surface area (Å²) in [6.45, 7) is 0.375. The molecule has 0 heterocycles. The standard InChI is InChI=1S/C17H19N3O4/c1-22-14-8-13(10-19-20-17(18)21)9-15(16(14)23-2)24-11-12-6-4-3-5-7-12/h3-10H,11H2,1-2H3,(H3,18,20,21). The number of nitrogens with zero attached hydrogens (tertiary/aromatic N) is 1. The molecule has 7 nitrogen and oxygen atoms in total. The molecule has 0 bridgehead atoms. The Kier molecular flexibility index (Phi) is 6.01. The lowest BCUT2D eigenvalue weighted by Gasteiger charge is -2.15. The van der Waals surface area contributed by atoms with Crippen molar-refractivity contribution < 1.29 is 19.0 Å². The Bertz CT molecular complexity index is 717. The minimum atomic E-state index is -0.743. The second-order valence-corrected chi connectivity index (χ2v) is 4.76. The lowest BCUT2D eigenvalue weighted by molar-refractivity contribution is 0.249. The van der Waals surface area contributed by atoms with Crippen molar-refractivity contribution in [1.29, 1.82) is 0 Å². The van der Waals surface area contributed by atoms with E-state index in [0.717, 1.165) is 5.56 Å². The van der Waals surface area contributed by atoms with Gasteiger partial charge in [0, 0.05) is 5.56 Å². The fourth-order valence-electron chi connectivity index (χ4n) is 2.04. The highest BCUT2D eigenvalue weighted by Crippen LogP contribution is 2.38. The first-order chi connectivity index (χ1) is 11.6. The Labute approximate surface area is 140 Å². The summed E-state index contributed by atoms with van der Waals surface area (Å²) in [6.07, 6.45) is 1.43. The normalized spacial score (nSPS) is 10.4. The Morgan fingerprint density at radius 3 is 2.50 bits per heavy atom. The number of benzene rings is 2. The fourth-order valence-corrected chi connectivity index (χ4v) is 2.04. The molecule has 0 atom stereocenters. The average molecular weight is 329 g/mol. The van der Waals surface area contributed by atoms with Crippen LogP contribution in [0.4, 0.5) is 4.79 Å². The SMILES string of the molecule is COc1cc(C=NNC(N)=O)cc(OCc2ccccc2)c1OC. The van der Waals surface area contributed by atoms with Crippen molar-refractivity contribution >= 4 is 12.2 Å². The highest BCUT2D eigenvalue weighted by molar-refractivity contribution is 5.83. The van der Waals surface area contributed by atoms with Crippen LogP contribution >= 0.6 is 0 Å². The first kappa shape index (κ1) is 17.1. The summed E-state index contributed by atoms with van der Waals surface area (Å²) in [5.74, 6) is 1.47. The second kappa shape index (κ2) is 8.42. The summed E-state index contributed by atoms with van der Waals surface area (Å²) >= 11 is 0. The Balaban J connectivity index is 2.25. The number of primary amides is 1.